The number of hydrogen-bond acceptors (Lipinski definition) is 6. The first-order chi connectivity index (χ1) is 24.8. The molecule has 0 spiro atoms. The van der Waals surface area contributed by atoms with Crippen LogP contribution in [0, 0.1) is 5.41 Å². The van der Waals surface area contributed by atoms with Gasteiger partial charge in [-0.3, -0.25) is 24.6 Å². The minimum Gasteiger partial charge on any atom is -0.388 e. The van der Waals surface area contributed by atoms with Crippen LogP contribution in [0.25, 0.3) is 10.9 Å². The highest BCUT2D eigenvalue weighted by atomic mass is 35.5. The molecular formula is C35H42Cl3N11O4. The van der Waals surface area contributed by atoms with Crippen LogP contribution in [0.5, 0.6) is 0 Å². The second-order valence-electron chi connectivity index (χ2n) is 12.3. The first-order valence-electron chi connectivity index (χ1n) is 16.3. The Kier molecular flexibility index (Phi) is 13.3. The Labute approximate surface area is 322 Å². The molecule has 53 heavy (non-hydrogen) atoms. The van der Waals surface area contributed by atoms with Gasteiger partial charge in [-0.25, -0.2) is 0 Å². The number of nitrogens with zero attached hydrogens (tertiary/aromatic N) is 5. The highest BCUT2D eigenvalue weighted by Gasteiger charge is 2.20. The van der Waals surface area contributed by atoms with Crippen molar-refractivity contribution in [3.63, 3.8) is 0 Å². The van der Waals surface area contributed by atoms with Crippen molar-refractivity contribution in [2.45, 2.75) is 6.42 Å². The van der Waals surface area contributed by atoms with Crippen molar-refractivity contribution in [2.75, 3.05) is 52.2 Å². The van der Waals surface area contributed by atoms with Gasteiger partial charge >= 0.3 is 0 Å². The zero-order valence-corrected chi connectivity index (χ0v) is 32.0. The number of carbonyl (C=O) groups is 4. The second-order valence-corrected chi connectivity index (χ2v) is 13.0. The van der Waals surface area contributed by atoms with Crippen LogP contribution in [0.4, 0.5) is 22.7 Å². The molecule has 0 radical (unpaired) electrons. The van der Waals surface area contributed by atoms with Crippen LogP contribution in [0.15, 0.2) is 61.1 Å². The number of amides is 4. The number of alkyl halides is 2. The predicted molar refractivity (Wildman–Crippen MR) is 213 cm³/mol. The Hall–Kier alpha value is -5.38. The summed E-state index contributed by atoms with van der Waals surface area (Å²) < 4.78 is 6.56. The van der Waals surface area contributed by atoms with E-state index < -0.39 is 11.8 Å². The Bertz CT molecular complexity index is 2160. The molecule has 0 aliphatic rings. The molecule has 5 aromatic rings. The normalized spacial score (nSPS) is 10.8. The number of aryl methyl sites for hydroxylation is 4. The molecule has 0 unspecified atom stereocenters. The molecule has 4 heterocycles. The van der Waals surface area contributed by atoms with E-state index >= 15 is 0 Å². The molecule has 0 aliphatic carbocycles. The van der Waals surface area contributed by atoms with E-state index in [0.29, 0.717) is 53.3 Å². The molecular weight excluding hydrogens is 745 g/mol. The molecule has 0 saturated heterocycles. The SMILES string of the molecule is Cl.Cn1cc(NC(=O)c2cc(NC(=O)c3cc(NC(=O)c4cc5cc(N(CCCl)CCCl)ccc5n4C)cn3C)cn2C)cc1C(=O)NCCC(=N)N. The van der Waals surface area contributed by atoms with Crippen molar-refractivity contribution in [1.29, 1.82) is 5.41 Å². The number of nitrogens with one attached hydrogen (secondary N) is 5. The molecule has 15 nitrogen and oxygen atoms in total. The van der Waals surface area contributed by atoms with Crippen LogP contribution in [-0.2, 0) is 28.2 Å². The third-order valence-electron chi connectivity index (χ3n) is 8.50. The Morgan fingerprint density at radius 3 is 1.60 bits per heavy atom. The Balaban J connectivity index is 0.00000627. The Morgan fingerprint density at radius 1 is 0.698 bits per heavy atom. The highest BCUT2D eigenvalue weighted by molar-refractivity contribution is 6.18. The summed E-state index contributed by atoms with van der Waals surface area (Å²) in [6, 6.07) is 12.4. The zero-order chi connectivity index (χ0) is 37.7. The summed E-state index contributed by atoms with van der Waals surface area (Å²) in [4.78, 5) is 54.5. The van der Waals surface area contributed by atoms with Crippen molar-refractivity contribution >= 4 is 98.7 Å². The van der Waals surface area contributed by atoms with Gasteiger partial charge in [0.05, 0.1) is 22.9 Å². The van der Waals surface area contributed by atoms with E-state index in [0.717, 1.165) is 16.6 Å². The second kappa shape index (κ2) is 17.4. The van der Waals surface area contributed by atoms with Crippen molar-refractivity contribution in [3.05, 3.63) is 83.8 Å². The molecule has 282 valence electrons. The van der Waals surface area contributed by atoms with Crippen molar-refractivity contribution in [1.82, 2.24) is 23.6 Å². The van der Waals surface area contributed by atoms with Gasteiger partial charge in [0.1, 0.15) is 22.8 Å². The van der Waals surface area contributed by atoms with Crippen LogP contribution in [-0.4, -0.2) is 79.1 Å². The van der Waals surface area contributed by atoms with Crippen LogP contribution < -0.4 is 31.9 Å². The van der Waals surface area contributed by atoms with Crippen molar-refractivity contribution < 1.29 is 19.2 Å². The fourth-order valence-electron chi connectivity index (χ4n) is 5.89. The van der Waals surface area contributed by atoms with Gasteiger partial charge in [-0.1, -0.05) is 0 Å². The fourth-order valence-corrected chi connectivity index (χ4v) is 6.30. The summed E-state index contributed by atoms with van der Waals surface area (Å²) in [5.41, 5.74) is 9.71. The van der Waals surface area contributed by atoms with Crippen molar-refractivity contribution in [2.24, 2.45) is 33.9 Å². The van der Waals surface area contributed by atoms with E-state index in [-0.39, 0.29) is 54.4 Å². The molecule has 18 heteroatoms. The van der Waals surface area contributed by atoms with E-state index in [1.807, 2.05) is 35.9 Å². The van der Waals surface area contributed by atoms with Crippen LogP contribution in [0.1, 0.15) is 48.4 Å². The lowest BCUT2D eigenvalue weighted by Crippen LogP contribution is -2.28. The van der Waals surface area contributed by atoms with Crippen LogP contribution >= 0.6 is 35.6 Å². The standard InChI is InChI=1S/C35H41Cl2N11O4.ClH/c1-44-18-22(15-27(44)32(49)40-10-7-31(38)39)41-33(50)28-16-23(19-45(28)2)42-34(51)29-17-24(20-46(29)3)43-35(52)30-14-21-13-25(5-6-26(21)47(30)4)48(11-8-36)12-9-37;/h5-6,13-20H,7-12H2,1-4H3,(H3,38,39)(H,40,49)(H,41,50)(H,42,51)(H,43,52);1H. The third-order valence-corrected chi connectivity index (χ3v) is 8.84. The topological polar surface area (TPSA) is 189 Å². The number of rotatable bonds is 15. The number of anilines is 4. The van der Waals surface area contributed by atoms with E-state index in [9.17, 15) is 19.2 Å². The average Bonchev–Trinajstić information content (AvgIpc) is 3.84. The molecule has 0 aliphatic heterocycles. The molecule has 0 atom stereocenters. The van der Waals surface area contributed by atoms with E-state index in [4.69, 9.17) is 34.3 Å². The summed E-state index contributed by atoms with van der Waals surface area (Å²) in [6.45, 7) is 1.51. The highest BCUT2D eigenvalue weighted by Crippen LogP contribution is 2.26. The molecule has 0 fully saturated rings. The van der Waals surface area contributed by atoms with Gasteiger partial charge < -0.3 is 50.2 Å². The van der Waals surface area contributed by atoms with Gasteiger partial charge in [0.25, 0.3) is 23.6 Å². The number of benzene rings is 1. The molecule has 7 N–H and O–H groups in total. The number of aromatic nitrogens is 4. The maximum absolute atomic E-state index is 13.4. The average molecular weight is 787 g/mol. The van der Waals surface area contributed by atoms with E-state index in [1.165, 1.54) is 12.1 Å². The molecule has 4 amide bonds. The zero-order valence-electron chi connectivity index (χ0n) is 29.6. The van der Waals surface area contributed by atoms with Gasteiger partial charge in [-0.15, -0.1) is 35.6 Å². The fraction of sp³-hybridized carbons (Fsp3) is 0.286. The summed E-state index contributed by atoms with van der Waals surface area (Å²) in [6.07, 6.45) is 5.08. The molecule has 0 saturated carbocycles. The molecule has 5 rings (SSSR count). The first-order valence-corrected chi connectivity index (χ1v) is 17.4. The number of amidine groups is 1. The number of nitrogens with two attached hydrogens (primary N) is 1. The minimum absolute atomic E-state index is 0. The predicted octanol–water partition coefficient (Wildman–Crippen LogP) is 4.71. The quantitative estimate of drug-likeness (QED) is 0.0506. The summed E-state index contributed by atoms with van der Waals surface area (Å²) >= 11 is 12.0. The van der Waals surface area contributed by atoms with Crippen LogP contribution in [0.3, 0.4) is 0 Å². The first kappa shape index (κ1) is 40.4. The largest absolute Gasteiger partial charge is 0.388 e. The monoisotopic (exact) mass is 785 g/mol. The van der Waals surface area contributed by atoms with Crippen LogP contribution in [0.2, 0.25) is 0 Å². The maximum Gasteiger partial charge on any atom is 0.272 e. The number of halogens is 3. The lowest BCUT2D eigenvalue weighted by molar-refractivity contribution is 0.0944. The number of fused-ring (bicyclic) bond motifs is 1. The number of carbonyl (C=O) groups excluding carboxylic acids is 4. The molecule has 1 aromatic carbocycles. The third kappa shape index (κ3) is 9.35. The summed E-state index contributed by atoms with van der Waals surface area (Å²) in [5.74, 6) is -0.709. The maximum atomic E-state index is 13.4. The van der Waals surface area contributed by atoms with Gasteiger partial charge in [-0.2, -0.15) is 0 Å². The lowest BCUT2D eigenvalue weighted by Gasteiger charge is -2.22. The Morgan fingerprint density at radius 2 is 1.15 bits per heavy atom. The van der Waals surface area contributed by atoms with E-state index in [1.54, 1.807) is 59.5 Å². The van der Waals surface area contributed by atoms with Gasteiger partial charge in [-0.05, 0) is 42.5 Å². The van der Waals surface area contributed by atoms with Gasteiger partial charge in [0.15, 0.2) is 0 Å². The van der Waals surface area contributed by atoms with E-state index in [2.05, 4.69) is 26.2 Å². The lowest BCUT2D eigenvalue weighted by atomic mass is 10.2. The number of hydrogen-bond donors (Lipinski definition) is 6. The smallest absolute Gasteiger partial charge is 0.272 e. The van der Waals surface area contributed by atoms with Crippen molar-refractivity contribution in [3.8, 4) is 0 Å². The minimum atomic E-state index is -0.451. The van der Waals surface area contributed by atoms with Gasteiger partial charge in [0, 0.05) is 101 Å². The molecule has 4 aromatic heterocycles. The summed E-state index contributed by atoms with van der Waals surface area (Å²) in [5, 5.41) is 19.3. The van der Waals surface area contributed by atoms with Gasteiger partial charge in [0.2, 0.25) is 0 Å². The summed E-state index contributed by atoms with van der Waals surface area (Å²) in [7, 11) is 6.86. The molecule has 0 bridgehead atoms.